The van der Waals surface area contributed by atoms with Crippen molar-refractivity contribution >= 4 is 45.9 Å². The van der Waals surface area contributed by atoms with Gasteiger partial charge >= 0.3 is 0 Å². The Labute approximate surface area is 230 Å². The van der Waals surface area contributed by atoms with E-state index in [0.717, 1.165) is 28.6 Å². The van der Waals surface area contributed by atoms with Crippen molar-refractivity contribution in [3.05, 3.63) is 164 Å². The maximum Gasteiger partial charge on any atom is 0.188 e. The lowest BCUT2D eigenvalue weighted by Gasteiger charge is -2.41. The third-order valence-corrected chi connectivity index (χ3v) is 12.4. The molecular weight excluding hydrogens is 490 g/mol. The van der Waals surface area contributed by atoms with Crippen molar-refractivity contribution in [1.29, 1.82) is 0 Å². The molecule has 1 aliphatic rings. The van der Waals surface area contributed by atoms with Crippen molar-refractivity contribution in [2.75, 3.05) is 4.90 Å². The Kier molecular flexibility index (Phi) is 5.84. The van der Waals surface area contributed by atoms with Gasteiger partial charge in [-0.1, -0.05) is 127 Å². The van der Waals surface area contributed by atoms with Gasteiger partial charge < -0.3 is 9.64 Å². The number of nitrogens with zero attached hydrogens (tertiary/aromatic N) is 1. The third kappa shape index (κ3) is 3.78. The second-order valence-corrected chi connectivity index (χ2v) is 13.5. The highest BCUT2D eigenvalue weighted by atomic mass is 28.3. The van der Waals surface area contributed by atoms with Crippen LogP contribution < -0.4 is 30.4 Å². The first-order valence-corrected chi connectivity index (χ1v) is 15.3. The zero-order valence-electron chi connectivity index (χ0n) is 21.4. The smallest absolute Gasteiger partial charge is 0.188 e. The monoisotopic (exact) mass is 517 g/mol. The molecule has 7 rings (SSSR count). The lowest BCUT2D eigenvalue weighted by Crippen LogP contribution is -2.76. The van der Waals surface area contributed by atoms with Crippen molar-refractivity contribution in [3.8, 4) is 11.5 Å². The van der Waals surface area contributed by atoms with Crippen LogP contribution in [0.1, 0.15) is 0 Å². The van der Waals surface area contributed by atoms with Gasteiger partial charge in [-0.3, -0.25) is 0 Å². The molecule has 186 valence electrons. The Morgan fingerprint density at radius 1 is 0.410 bits per heavy atom. The number of para-hydroxylation sites is 4. The van der Waals surface area contributed by atoms with Gasteiger partial charge in [-0.15, -0.1) is 0 Å². The molecule has 0 spiro atoms. The van der Waals surface area contributed by atoms with E-state index >= 15 is 0 Å². The number of rotatable bonds is 5. The van der Waals surface area contributed by atoms with Crippen molar-refractivity contribution in [2.24, 2.45) is 0 Å². The second kappa shape index (κ2) is 9.79. The lowest BCUT2D eigenvalue weighted by atomic mass is 10.1. The van der Waals surface area contributed by atoms with Crippen molar-refractivity contribution in [3.63, 3.8) is 0 Å². The average Bonchev–Trinajstić information content (AvgIpc) is 3.02. The minimum absolute atomic E-state index is 0.920. The SMILES string of the molecule is c1ccc(N(c2ccccc2)c2cccc3c2Oc2ccccc2[Si]3(c2ccccc2)c2ccccc2)cc1. The number of ether oxygens (including phenoxy) is 1. The first-order valence-electron chi connectivity index (χ1n) is 13.3. The number of hydrogen-bond donors (Lipinski definition) is 0. The van der Waals surface area contributed by atoms with Gasteiger partial charge in [0, 0.05) is 11.4 Å². The molecule has 0 unspecified atom stereocenters. The first-order chi connectivity index (χ1) is 19.4. The van der Waals surface area contributed by atoms with Crippen LogP contribution in [0.15, 0.2) is 164 Å². The molecule has 0 saturated heterocycles. The Morgan fingerprint density at radius 3 is 1.44 bits per heavy atom. The summed E-state index contributed by atoms with van der Waals surface area (Å²) in [5.74, 6) is 1.85. The highest BCUT2D eigenvalue weighted by Gasteiger charge is 2.48. The van der Waals surface area contributed by atoms with Crippen LogP contribution in [0.3, 0.4) is 0 Å². The zero-order valence-corrected chi connectivity index (χ0v) is 22.4. The fourth-order valence-corrected chi connectivity index (χ4v) is 10.9. The molecule has 6 aromatic carbocycles. The van der Waals surface area contributed by atoms with Gasteiger partial charge in [0.2, 0.25) is 0 Å². The molecule has 0 fully saturated rings. The van der Waals surface area contributed by atoms with Crippen LogP contribution in [-0.4, -0.2) is 8.07 Å². The third-order valence-electron chi connectivity index (χ3n) is 7.58. The molecule has 2 nitrogen and oxygen atoms in total. The summed E-state index contributed by atoms with van der Waals surface area (Å²) in [6, 6.07) is 58.4. The largest absolute Gasteiger partial charge is 0.455 e. The zero-order chi connectivity index (χ0) is 26.1. The molecule has 0 amide bonds. The van der Waals surface area contributed by atoms with E-state index in [-0.39, 0.29) is 0 Å². The summed E-state index contributed by atoms with van der Waals surface area (Å²) >= 11 is 0. The minimum Gasteiger partial charge on any atom is -0.455 e. The molecule has 1 aliphatic heterocycles. The van der Waals surface area contributed by atoms with E-state index < -0.39 is 8.07 Å². The highest BCUT2D eigenvalue weighted by Crippen LogP contribution is 2.43. The van der Waals surface area contributed by atoms with Gasteiger partial charge in [0.1, 0.15) is 5.75 Å². The molecular formula is C36H27NOSi. The number of anilines is 3. The predicted molar refractivity (Wildman–Crippen MR) is 165 cm³/mol. The summed E-state index contributed by atoms with van der Waals surface area (Å²) < 4.78 is 6.92. The molecule has 0 aliphatic carbocycles. The summed E-state index contributed by atoms with van der Waals surface area (Å²) in [4.78, 5) is 2.31. The maximum absolute atomic E-state index is 6.92. The number of hydrogen-bond acceptors (Lipinski definition) is 2. The van der Waals surface area contributed by atoms with Gasteiger partial charge in [-0.25, -0.2) is 0 Å². The molecule has 0 atom stereocenters. The van der Waals surface area contributed by atoms with Gasteiger partial charge in [-0.2, -0.15) is 0 Å². The standard InChI is InChI=1S/C36H27NOSi/c1-5-16-28(17-6-1)37(29-18-7-2-8-19-29)32-24-15-27-35-36(32)38-33-25-13-14-26-34(33)39(35,30-20-9-3-10-21-30)31-22-11-4-12-23-31/h1-27H. The van der Waals surface area contributed by atoms with Crippen molar-refractivity contribution < 1.29 is 4.74 Å². The Morgan fingerprint density at radius 2 is 0.872 bits per heavy atom. The fourth-order valence-electron chi connectivity index (χ4n) is 5.97. The summed E-state index contributed by atoms with van der Waals surface area (Å²) in [5.41, 5.74) is 3.21. The quantitative estimate of drug-likeness (QED) is 0.237. The summed E-state index contributed by atoms with van der Waals surface area (Å²) in [6.07, 6.45) is 0. The number of benzene rings is 6. The normalized spacial score (nSPS) is 13.0. The Bertz CT molecular complexity index is 1640. The van der Waals surface area contributed by atoms with Gasteiger partial charge in [0.15, 0.2) is 13.8 Å². The fraction of sp³-hybridized carbons (Fsp3) is 0. The average molecular weight is 518 g/mol. The Hall–Kier alpha value is -4.86. The summed E-state index contributed by atoms with van der Waals surface area (Å²) in [7, 11) is -2.71. The van der Waals surface area contributed by atoms with Gasteiger partial charge in [-0.05, 0) is 57.1 Å². The second-order valence-electron chi connectivity index (χ2n) is 9.74. The van der Waals surface area contributed by atoms with E-state index in [4.69, 9.17) is 4.74 Å². The highest BCUT2D eigenvalue weighted by molar-refractivity contribution is 7.20. The molecule has 0 radical (unpaired) electrons. The molecule has 6 aromatic rings. The van der Waals surface area contributed by atoms with E-state index in [1.54, 1.807) is 0 Å². The lowest BCUT2D eigenvalue weighted by molar-refractivity contribution is 0.488. The molecule has 0 saturated carbocycles. The predicted octanol–water partition coefficient (Wildman–Crippen LogP) is 6.64. The molecule has 0 aromatic heterocycles. The van der Waals surface area contributed by atoms with Crippen molar-refractivity contribution in [1.82, 2.24) is 0 Å². The maximum atomic E-state index is 6.92. The van der Waals surface area contributed by atoms with Crippen LogP contribution in [-0.2, 0) is 0 Å². The van der Waals surface area contributed by atoms with E-state index in [2.05, 4.69) is 169 Å². The van der Waals surface area contributed by atoms with E-state index in [0.29, 0.717) is 0 Å². The van der Waals surface area contributed by atoms with Crippen molar-refractivity contribution in [2.45, 2.75) is 0 Å². The Balaban J connectivity index is 1.59. The van der Waals surface area contributed by atoms with Crippen LogP contribution in [0.25, 0.3) is 0 Å². The van der Waals surface area contributed by atoms with Crippen LogP contribution >= 0.6 is 0 Å². The first kappa shape index (κ1) is 23.3. The van der Waals surface area contributed by atoms with E-state index in [1.807, 2.05) is 0 Å². The van der Waals surface area contributed by atoms with E-state index in [9.17, 15) is 0 Å². The van der Waals surface area contributed by atoms with Crippen LogP contribution in [0.5, 0.6) is 11.5 Å². The van der Waals surface area contributed by atoms with Gasteiger partial charge in [0.25, 0.3) is 0 Å². The molecule has 3 heteroatoms. The van der Waals surface area contributed by atoms with Gasteiger partial charge in [0.05, 0.1) is 5.69 Å². The molecule has 0 N–H and O–H groups in total. The topological polar surface area (TPSA) is 12.5 Å². The minimum atomic E-state index is -2.71. The molecule has 1 heterocycles. The summed E-state index contributed by atoms with van der Waals surface area (Å²) in [5, 5.41) is 5.22. The van der Waals surface area contributed by atoms with Crippen LogP contribution in [0.4, 0.5) is 17.1 Å². The van der Waals surface area contributed by atoms with Crippen LogP contribution in [0, 0.1) is 0 Å². The van der Waals surface area contributed by atoms with E-state index in [1.165, 1.54) is 20.7 Å². The number of fused-ring (bicyclic) bond motifs is 2. The van der Waals surface area contributed by atoms with Crippen LogP contribution in [0.2, 0.25) is 0 Å². The summed E-state index contributed by atoms with van der Waals surface area (Å²) in [6.45, 7) is 0. The molecule has 0 bridgehead atoms. The molecule has 39 heavy (non-hydrogen) atoms.